The molecule has 3 aliphatic heterocycles. The minimum absolute atomic E-state index is 0.0190. The largest absolute Gasteiger partial charge is 0.497 e. The summed E-state index contributed by atoms with van der Waals surface area (Å²) in [6, 6.07) is 17.2. The Bertz CT molecular complexity index is 899. The quantitative estimate of drug-likeness (QED) is 0.830. The number of carbonyl (C=O) groups excluding carboxylic acids is 1. The predicted octanol–water partition coefficient (Wildman–Crippen LogP) is 4.31. The Labute approximate surface area is 172 Å². The molecule has 0 aromatic heterocycles. The van der Waals surface area contributed by atoms with Crippen molar-refractivity contribution in [3.05, 3.63) is 59.7 Å². The number of ether oxygens (including phenoxy) is 1. The van der Waals surface area contributed by atoms with Crippen LogP contribution < -0.4 is 10.1 Å². The second-order valence-corrected chi connectivity index (χ2v) is 8.52. The van der Waals surface area contributed by atoms with E-state index in [1.165, 1.54) is 17.5 Å². The van der Waals surface area contributed by atoms with Gasteiger partial charge in [-0.3, -0.25) is 4.90 Å². The summed E-state index contributed by atoms with van der Waals surface area (Å²) in [5.41, 5.74) is 3.74. The number of urea groups is 1. The van der Waals surface area contributed by atoms with Gasteiger partial charge in [0.15, 0.2) is 0 Å². The normalized spacial score (nSPS) is 26.1. The van der Waals surface area contributed by atoms with Crippen molar-refractivity contribution in [3.8, 4) is 5.75 Å². The first kappa shape index (κ1) is 18.5. The van der Waals surface area contributed by atoms with Gasteiger partial charge in [-0.2, -0.15) is 0 Å². The summed E-state index contributed by atoms with van der Waals surface area (Å²) in [6.45, 7) is 3.08. The van der Waals surface area contributed by atoms with Gasteiger partial charge < -0.3 is 15.0 Å². The molecule has 2 amide bonds. The second kappa shape index (κ2) is 7.71. The molecule has 2 fully saturated rings. The fourth-order valence-electron chi connectivity index (χ4n) is 5.55. The smallest absolute Gasteiger partial charge is 0.322 e. The molecule has 3 aliphatic rings. The van der Waals surface area contributed by atoms with Crippen LogP contribution >= 0.6 is 0 Å². The van der Waals surface area contributed by atoms with E-state index in [0.29, 0.717) is 18.0 Å². The van der Waals surface area contributed by atoms with Crippen molar-refractivity contribution in [2.24, 2.45) is 5.92 Å². The maximum absolute atomic E-state index is 13.2. The lowest BCUT2D eigenvalue weighted by Gasteiger charge is -2.52. The molecule has 2 aromatic rings. The first-order valence-corrected chi connectivity index (χ1v) is 10.8. The van der Waals surface area contributed by atoms with Crippen LogP contribution in [0.3, 0.4) is 0 Å². The van der Waals surface area contributed by atoms with E-state index in [0.717, 1.165) is 50.3 Å². The van der Waals surface area contributed by atoms with Gasteiger partial charge in [-0.25, -0.2) is 4.79 Å². The van der Waals surface area contributed by atoms with Crippen molar-refractivity contribution in [2.75, 3.05) is 32.1 Å². The molecular weight excluding hydrogens is 362 g/mol. The predicted molar refractivity (Wildman–Crippen MR) is 114 cm³/mol. The lowest BCUT2D eigenvalue weighted by atomic mass is 9.77. The SMILES string of the molecule is COc1cccc(NC(=O)N2CCC[C@@H]3CN4CCc5ccccc5[C@@H]4C[C@@H]32)c1. The van der Waals surface area contributed by atoms with E-state index in [2.05, 4.69) is 39.4 Å². The van der Waals surface area contributed by atoms with Crippen LogP contribution in [-0.4, -0.2) is 48.6 Å². The number of piperidine rings is 2. The number of rotatable bonds is 2. The summed E-state index contributed by atoms with van der Waals surface area (Å²) >= 11 is 0. The summed E-state index contributed by atoms with van der Waals surface area (Å²) < 4.78 is 5.29. The molecule has 0 unspecified atom stereocenters. The Kier molecular flexibility index (Phi) is 4.92. The van der Waals surface area contributed by atoms with E-state index in [1.54, 1.807) is 7.11 Å². The zero-order valence-electron chi connectivity index (χ0n) is 17.0. The maximum Gasteiger partial charge on any atom is 0.322 e. The molecule has 5 heteroatoms. The Morgan fingerprint density at radius 2 is 2.03 bits per heavy atom. The lowest BCUT2D eigenvalue weighted by Crippen LogP contribution is -2.58. The molecule has 3 heterocycles. The Hall–Kier alpha value is -2.53. The number of carbonyl (C=O) groups is 1. The van der Waals surface area contributed by atoms with Gasteiger partial charge in [0, 0.05) is 43.5 Å². The number of methoxy groups -OCH3 is 1. The highest BCUT2D eigenvalue weighted by Gasteiger charge is 2.43. The molecule has 3 atom stereocenters. The second-order valence-electron chi connectivity index (χ2n) is 8.52. The van der Waals surface area contributed by atoms with E-state index in [-0.39, 0.29) is 6.03 Å². The molecule has 1 N–H and O–H groups in total. The summed E-state index contributed by atoms with van der Waals surface area (Å²) in [5.74, 6) is 1.33. The molecule has 2 saturated heterocycles. The van der Waals surface area contributed by atoms with E-state index in [4.69, 9.17) is 4.74 Å². The molecule has 0 aliphatic carbocycles. The van der Waals surface area contributed by atoms with E-state index >= 15 is 0 Å². The van der Waals surface area contributed by atoms with Crippen LogP contribution in [0.4, 0.5) is 10.5 Å². The maximum atomic E-state index is 13.2. The number of hydrogen-bond acceptors (Lipinski definition) is 3. The zero-order valence-corrected chi connectivity index (χ0v) is 17.0. The fourth-order valence-corrected chi connectivity index (χ4v) is 5.55. The average Bonchev–Trinajstić information content (AvgIpc) is 2.77. The van der Waals surface area contributed by atoms with Crippen LogP contribution in [-0.2, 0) is 6.42 Å². The molecule has 5 nitrogen and oxygen atoms in total. The molecule has 152 valence electrons. The Morgan fingerprint density at radius 3 is 2.93 bits per heavy atom. The highest BCUT2D eigenvalue weighted by molar-refractivity contribution is 5.89. The molecule has 0 bridgehead atoms. The highest BCUT2D eigenvalue weighted by Crippen LogP contribution is 2.42. The summed E-state index contributed by atoms with van der Waals surface area (Å²) in [4.78, 5) is 17.9. The number of likely N-dealkylation sites (tertiary alicyclic amines) is 1. The standard InChI is InChI=1S/C24H29N3O2/c1-29-20-9-4-8-19(14-20)25-24(28)27-12-5-7-18-16-26-13-11-17-6-2-3-10-21(17)23(26)15-22(18)27/h2-4,6,8-10,14,18,22-23H,5,7,11-13,15-16H2,1H3,(H,25,28)/t18-,22+,23+/m1/s1. The molecule has 0 spiro atoms. The first-order valence-electron chi connectivity index (χ1n) is 10.8. The van der Waals surface area contributed by atoms with E-state index < -0.39 is 0 Å². The van der Waals surface area contributed by atoms with Crippen LogP contribution in [0.15, 0.2) is 48.5 Å². The van der Waals surface area contributed by atoms with Gasteiger partial charge in [0.25, 0.3) is 0 Å². The van der Waals surface area contributed by atoms with Crippen molar-refractivity contribution < 1.29 is 9.53 Å². The van der Waals surface area contributed by atoms with Gasteiger partial charge >= 0.3 is 6.03 Å². The molecule has 0 radical (unpaired) electrons. The van der Waals surface area contributed by atoms with Crippen LogP contribution in [0.25, 0.3) is 0 Å². The third-order valence-corrected chi connectivity index (χ3v) is 6.96. The van der Waals surface area contributed by atoms with Crippen molar-refractivity contribution >= 4 is 11.7 Å². The van der Waals surface area contributed by atoms with Crippen molar-refractivity contribution in [2.45, 2.75) is 37.8 Å². The number of amides is 2. The van der Waals surface area contributed by atoms with Crippen molar-refractivity contribution in [3.63, 3.8) is 0 Å². The van der Waals surface area contributed by atoms with E-state index in [1.807, 2.05) is 24.3 Å². The topological polar surface area (TPSA) is 44.8 Å². The average molecular weight is 392 g/mol. The van der Waals surface area contributed by atoms with Gasteiger partial charge in [-0.15, -0.1) is 0 Å². The van der Waals surface area contributed by atoms with Gasteiger partial charge in [0.05, 0.1) is 7.11 Å². The molecule has 0 saturated carbocycles. The Morgan fingerprint density at radius 1 is 1.14 bits per heavy atom. The fraction of sp³-hybridized carbons (Fsp3) is 0.458. The first-order chi connectivity index (χ1) is 14.2. The van der Waals surface area contributed by atoms with Crippen LogP contribution in [0.5, 0.6) is 5.75 Å². The Balaban J connectivity index is 1.36. The number of anilines is 1. The zero-order chi connectivity index (χ0) is 19.8. The lowest BCUT2D eigenvalue weighted by molar-refractivity contribution is 0.00827. The van der Waals surface area contributed by atoms with Crippen molar-refractivity contribution in [1.82, 2.24) is 9.80 Å². The van der Waals surface area contributed by atoms with Crippen LogP contribution in [0.2, 0.25) is 0 Å². The minimum atomic E-state index is 0.0190. The van der Waals surface area contributed by atoms with Gasteiger partial charge in [-0.05, 0) is 54.9 Å². The summed E-state index contributed by atoms with van der Waals surface area (Å²) in [6.07, 6.45) is 4.48. The molecular formula is C24H29N3O2. The van der Waals surface area contributed by atoms with Gasteiger partial charge in [0.2, 0.25) is 0 Å². The molecule has 2 aromatic carbocycles. The number of nitrogens with one attached hydrogen (secondary N) is 1. The van der Waals surface area contributed by atoms with Crippen LogP contribution in [0, 0.1) is 5.92 Å². The van der Waals surface area contributed by atoms with Gasteiger partial charge in [0.1, 0.15) is 5.75 Å². The number of nitrogens with zero attached hydrogens (tertiary/aromatic N) is 2. The van der Waals surface area contributed by atoms with Crippen LogP contribution in [0.1, 0.15) is 36.4 Å². The van der Waals surface area contributed by atoms with E-state index in [9.17, 15) is 4.79 Å². The van der Waals surface area contributed by atoms with Gasteiger partial charge in [-0.1, -0.05) is 30.3 Å². The monoisotopic (exact) mass is 391 g/mol. The van der Waals surface area contributed by atoms with Crippen molar-refractivity contribution in [1.29, 1.82) is 0 Å². The number of fused-ring (bicyclic) bond motifs is 4. The summed E-state index contributed by atoms with van der Waals surface area (Å²) in [7, 11) is 1.64. The number of benzene rings is 2. The minimum Gasteiger partial charge on any atom is -0.497 e. The number of hydrogen-bond donors (Lipinski definition) is 1. The molecule has 29 heavy (non-hydrogen) atoms. The summed E-state index contributed by atoms with van der Waals surface area (Å²) in [5, 5.41) is 3.10. The third kappa shape index (κ3) is 3.48. The highest BCUT2D eigenvalue weighted by atomic mass is 16.5. The molecule has 5 rings (SSSR count). The third-order valence-electron chi connectivity index (χ3n) is 6.96.